The van der Waals surface area contributed by atoms with Crippen molar-refractivity contribution in [3.8, 4) is 5.75 Å². The van der Waals surface area contributed by atoms with E-state index in [1.807, 2.05) is 61.6 Å². The first-order chi connectivity index (χ1) is 15.5. The van der Waals surface area contributed by atoms with Gasteiger partial charge in [0.2, 0.25) is 0 Å². The highest BCUT2D eigenvalue weighted by molar-refractivity contribution is 5.67. The Bertz CT molecular complexity index is 1040. The van der Waals surface area contributed by atoms with E-state index in [0.29, 0.717) is 12.1 Å². The molecule has 1 unspecified atom stereocenters. The smallest absolute Gasteiger partial charge is 0.311 e. The van der Waals surface area contributed by atoms with E-state index in [9.17, 15) is 10.1 Å². The molecule has 3 aromatic rings. The maximum atomic E-state index is 11.8. The number of hydrogen-bond donors (Lipinski definition) is 1. The van der Waals surface area contributed by atoms with E-state index >= 15 is 0 Å². The fourth-order valence-electron chi connectivity index (χ4n) is 3.57. The van der Waals surface area contributed by atoms with Gasteiger partial charge in [0.1, 0.15) is 6.61 Å². The first kappa shape index (κ1) is 23.0. The molecule has 0 aliphatic carbocycles. The van der Waals surface area contributed by atoms with Crippen LogP contribution in [-0.2, 0) is 6.61 Å². The Morgan fingerprint density at radius 3 is 2.38 bits per heavy atom. The summed E-state index contributed by atoms with van der Waals surface area (Å²) in [6.07, 6.45) is 0. The summed E-state index contributed by atoms with van der Waals surface area (Å²) in [5, 5.41) is 14.9. The summed E-state index contributed by atoms with van der Waals surface area (Å²) in [6, 6.07) is 24.8. The second-order valence-corrected chi connectivity index (χ2v) is 7.54. The Balaban J connectivity index is 1.85. The Morgan fingerprint density at radius 1 is 1.09 bits per heavy atom. The Morgan fingerprint density at radius 2 is 1.75 bits per heavy atom. The highest BCUT2D eigenvalue weighted by atomic mass is 16.6. The van der Waals surface area contributed by atoms with Crippen molar-refractivity contribution < 1.29 is 9.66 Å². The third kappa shape index (κ3) is 5.74. The summed E-state index contributed by atoms with van der Waals surface area (Å²) in [6.45, 7) is 8.14. The molecule has 6 heteroatoms. The fourth-order valence-corrected chi connectivity index (χ4v) is 3.57. The van der Waals surface area contributed by atoms with Crippen molar-refractivity contribution in [2.24, 2.45) is 0 Å². The van der Waals surface area contributed by atoms with Gasteiger partial charge in [0.25, 0.3) is 0 Å². The topological polar surface area (TPSA) is 67.6 Å². The lowest BCUT2D eigenvalue weighted by Gasteiger charge is -2.33. The molecule has 6 nitrogen and oxygen atoms in total. The van der Waals surface area contributed by atoms with Gasteiger partial charge in [-0.05, 0) is 37.2 Å². The minimum atomic E-state index is -0.407. The molecular formula is C26H29N3O3. The molecule has 0 radical (unpaired) electrons. The SMILES string of the molecule is C=C(c1ccc(OCc2ccccc2)c([N+](=O)[O-])c1)N(CCNC)C(C)c1ccccc1. The zero-order valence-corrected chi connectivity index (χ0v) is 18.5. The molecule has 0 amide bonds. The monoisotopic (exact) mass is 431 g/mol. The molecule has 1 N–H and O–H groups in total. The van der Waals surface area contributed by atoms with E-state index < -0.39 is 4.92 Å². The largest absolute Gasteiger partial charge is 0.482 e. The van der Waals surface area contributed by atoms with Crippen LogP contribution < -0.4 is 10.1 Å². The number of ether oxygens (including phenoxy) is 1. The third-order valence-electron chi connectivity index (χ3n) is 5.42. The molecule has 166 valence electrons. The minimum Gasteiger partial charge on any atom is -0.482 e. The molecule has 0 aliphatic heterocycles. The van der Waals surface area contributed by atoms with Crippen molar-refractivity contribution in [1.82, 2.24) is 10.2 Å². The molecule has 0 fully saturated rings. The Hall–Kier alpha value is -3.64. The summed E-state index contributed by atoms with van der Waals surface area (Å²) < 4.78 is 5.77. The predicted octanol–water partition coefficient (Wildman–Crippen LogP) is 5.43. The number of nitrogens with zero attached hydrogens (tertiary/aromatic N) is 2. The van der Waals surface area contributed by atoms with Crippen LogP contribution in [0.5, 0.6) is 5.75 Å². The summed E-state index contributed by atoms with van der Waals surface area (Å²) in [7, 11) is 1.90. The Labute approximate surface area is 189 Å². The predicted molar refractivity (Wildman–Crippen MR) is 128 cm³/mol. The van der Waals surface area contributed by atoms with Gasteiger partial charge in [-0.1, -0.05) is 67.2 Å². The third-order valence-corrected chi connectivity index (χ3v) is 5.42. The second-order valence-electron chi connectivity index (χ2n) is 7.54. The maximum absolute atomic E-state index is 11.8. The summed E-state index contributed by atoms with van der Waals surface area (Å²) in [5.41, 5.74) is 3.46. The van der Waals surface area contributed by atoms with Crippen LogP contribution >= 0.6 is 0 Å². The zero-order valence-electron chi connectivity index (χ0n) is 18.5. The zero-order chi connectivity index (χ0) is 22.9. The van der Waals surface area contributed by atoms with Crippen molar-refractivity contribution >= 4 is 11.4 Å². The van der Waals surface area contributed by atoms with E-state index in [1.54, 1.807) is 12.1 Å². The van der Waals surface area contributed by atoms with Crippen LogP contribution in [0.25, 0.3) is 5.70 Å². The first-order valence-electron chi connectivity index (χ1n) is 10.6. The molecule has 0 saturated carbocycles. The van der Waals surface area contributed by atoms with Gasteiger partial charge in [-0.15, -0.1) is 0 Å². The number of nitrogens with one attached hydrogen (secondary N) is 1. The van der Waals surface area contributed by atoms with Crippen LogP contribution in [0.2, 0.25) is 0 Å². The van der Waals surface area contributed by atoms with Crippen molar-refractivity contribution in [3.05, 3.63) is 112 Å². The van der Waals surface area contributed by atoms with Crippen LogP contribution in [0.15, 0.2) is 85.4 Å². The average molecular weight is 432 g/mol. The maximum Gasteiger partial charge on any atom is 0.311 e. The lowest BCUT2D eigenvalue weighted by atomic mass is 10.0. The lowest BCUT2D eigenvalue weighted by molar-refractivity contribution is -0.386. The quantitative estimate of drug-likeness (QED) is 0.324. The first-order valence-corrected chi connectivity index (χ1v) is 10.6. The highest BCUT2D eigenvalue weighted by Crippen LogP contribution is 2.34. The average Bonchev–Trinajstić information content (AvgIpc) is 2.83. The number of likely N-dealkylation sites (N-methyl/N-ethyl adjacent to an activating group) is 1. The van der Waals surface area contributed by atoms with Crippen LogP contribution in [0.4, 0.5) is 5.69 Å². The normalized spacial score (nSPS) is 11.6. The molecule has 3 aromatic carbocycles. The van der Waals surface area contributed by atoms with Crippen molar-refractivity contribution in [2.75, 3.05) is 20.1 Å². The molecule has 0 bridgehead atoms. The Kier molecular flexibility index (Phi) is 8.00. The number of benzene rings is 3. The molecule has 0 heterocycles. The highest BCUT2D eigenvalue weighted by Gasteiger charge is 2.22. The molecular weight excluding hydrogens is 402 g/mol. The van der Waals surface area contributed by atoms with Gasteiger partial charge < -0.3 is 15.0 Å². The second kappa shape index (κ2) is 11.1. The molecule has 0 aliphatic rings. The molecule has 0 spiro atoms. The molecule has 32 heavy (non-hydrogen) atoms. The summed E-state index contributed by atoms with van der Waals surface area (Å²) in [5.74, 6) is 0.244. The van der Waals surface area contributed by atoms with E-state index in [0.717, 1.165) is 23.4 Å². The van der Waals surface area contributed by atoms with Gasteiger partial charge in [-0.2, -0.15) is 0 Å². The van der Waals surface area contributed by atoms with E-state index in [-0.39, 0.29) is 24.1 Å². The van der Waals surface area contributed by atoms with Crippen molar-refractivity contribution in [1.29, 1.82) is 0 Å². The van der Waals surface area contributed by atoms with Gasteiger partial charge in [0.05, 0.1) is 11.0 Å². The van der Waals surface area contributed by atoms with Crippen molar-refractivity contribution in [2.45, 2.75) is 19.6 Å². The lowest BCUT2D eigenvalue weighted by Crippen LogP contribution is -2.31. The minimum absolute atomic E-state index is 0.0603. The van der Waals surface area contributed by atoms with E-state index in [1.165, 1.54) is 0 Å². The van der Waals surface area contributed by atoms with Crippen LogP contribution in [0, 0.1) is 10.1 Å². The van der Waals surface area contributed by atoms with Crippen LogP contribution in [0.1, 0.15) is 29.7 Å². The van der Waals surface area contributed by atoms with Crippen LogP contribution in [0.3, 0.4) is 0 Å². The van der Waals surface area contributed by atoms with Gasteiger partial charge in [-0.25, -0.2) is 0 Å². The van der Waals surface area contributed by atoms with Gasteiger partial charge >= 0.3 is 5.69 Å². The van der Waals surface area contributed by atoms with Crippen molar-refractivity contribution in [3.63, 3.8) is 0 Å². The van der Waals surface area contributed by atoms with E-state index in [4.69, 9.17) is 4.74 Å². The number of nitro groups is 1. The van der Waals surface area contributed by atoms with Gasteiger partial charge in [0, 0.05) is 30.4 Å². The fraction of sp³-hybridized carbons (Fsp3) is 0.231. The molecule has 3 rings (SSSR count). The standard InChI is InChI=1S/C26H29N3O3/c1-20(23-12-8-5-9-13-23)28(17-16-27-3)21(2)24-14-15-26(25(18-24)29(30)31)32-19-22-10-6-4-7-11-22/h4-15,18,20,27H,2,16-17,19H2,1,3H3. The summed E-state index contributed by atoms with van der Waals surface area (Å²) in [4.78, 5) is 13.5. The number of nitro benzene ring substituents is 1. The van der Waals surface area contributed by atoms with E-state index in [2.05, 4.69) is 35.9 Å². The number of hydrogen-bond acceptors (Lipinski definition) is 5. The number of rotatable bonds is 11. The molecule has 1 atom stereocenters. The van der Waals surface area contributed by atoms with Gasteiger partial charge in [0.15, 0.2) is 5.75 Å². The summed E-state index contributed by atoms with van der Waals surface area (Å²) >= 11 is 0. The molecule has 0 aromatic heterocycles. The van der Waals surface area contributed by atoms with Gasteiger partial charge in [-0.3, -0.25) is 10.1 Å². The molecule has 0 saturated heterocycles. The van der Waals surface area contributed by atoms with Crippen LogP contribution in [-0.4, -0.2) is 30.0 Å².